The second-order valence-electron chi connectivity index (χ2n) is 5.56. The highest BCUT2D eigenvalue weighted by molar-refractivity contribution is 8.00. The minimum atomic E-state index is -0.130. The average molecular weight is 263 g/mol. The SMILES string of the molecule is OC1CSC2CN(c3ccnc(C4CC4)n3)CC12. The molecular weight excluding hydrogens is 246 g/mol. The first-order chi connectivity index (χ1) is 8.81. The molecule has 4 nitrogen and oxygen atoms in total. The van der Waals surface area contributed by atoms with Crippen LogP contribution in [0.25, 0.3) is 0 Å². The lowest BCUT2D eigenvalue weighted by Crippen LogP contribution is -2.26. The van der Waals surface area contributed by atoms with Crippen LogP contribution >= 0.6 is 11.8 Å². The number of rotatable bonds is 2. The Hall–Kier alpha value is -0.810. The number of aliphatic hydroxyl groups is 1. The first kappa shape index (κ1) is 11.1. The largest absolute Gasteiger partial charge is 0.392 e. The predicted octanol–water partition coefficient (Wildman–Crippen LogP) is 1.27. The highest BCUT2D eigenvalue weighted by Gasteiger charge is 2.43. The van der Waals surface area contributed by atoms with Gasteiger partial charge in [-0.1, -0.05) is 0 Å². The van der Waals surface area contributed by atoms with E-state index in [0.29, 0.717) is 17.1 Å². The summed E-state index contributed by atoms with van der Waals surface area (Å²) >= 11 is 1.91. The quantitative estimate of drug-likeness (QED) is 0.870. The van der Waals surface area contributed by atoms with E-state index in [2.05, 4.69) is 9.88 Å². The molecule has 0 amide bonds. The molecule has 3 fully saturated rings. The van der Waals surface area contributed by atoms with Crippen LogP contribution in [-0.4, -0.2) is 45.3 Å². The van der Waals surface area contributed by atoms with Gasteiger partial charge < -0.3 is 10.0 Å². The van der Waals surface area contributed by atoms with Crippen LogP contribution in [0.5, 0.6) is 0 Å². The summed E-state index contributed by atoms with van der Waals surface area (Å²) in [5.74, 6) is 3.99. The normalized spacial score (nSPS) is 34.9. The average Bonchev–Trinajstić information content (AvgIpc) is 3.07. The van der Waals surface area contributed by atoms with E-state index >= 15 is 0 Å². The van der Waals surface area contributed by atoms with Crippen LogP contribution in [0.2, 0.25) is 0 Å². The summed E-state index contributed by atoms with van der Waals surface area (Å²) in [6.45, 7) is 1.97. The van der Waals surface area contributed by atoms with Crippen molar-refractivity contribution in [1.82, 2.24) is 9.97 Å². The Morgan fingerprint density at radius 3 is 3.00 bits per heavy atom. The van der Waals surface area contributed by atoms with E-state index in [1.54, 1.807) is 0 Å². The fraction of sp³-hybridized carbons (Fsp3) is 0.692. The molecule has 2 aliphatic heterocycles. The Labute approximate surface area is 111 Å². The number of hydrogen-bond donors (Lipinski definition) is 1. The molecule has 1 aromatic rings. The van der Waals surface area contributed by atoms with Gasteiger partial charge in [0.15, 0.2) is 0 Å². The first-order valence-electron chi connectivity index (χ1n) is 6.69. The molecule has 1 aliphatic carbocycles. The number of fused-ring (bicyclic) bond motifs is 1. The molecule has 3 heterocycles. The summed E-state index contributed by atoms with van der Waals surface area (Å²) < 4.78 is 0. The van der Waals surface area contributed by atoms with Crippen LogP contribution in [0.4, 0.5) is 5.82 Å². The molecule has 0 bridgehead atoms. The molecule has 1 saturated carbocycles. The minimum absolute atomic E-state index is 0.130. The lowest BCUT2D eigenvalue weighted by molar-refractivity contribution is 0.152. The van der Waals surface area contributed by atoms with Crippen LogP contribution in [0.1, 0.15) is 24.6 Å². The fourth-order valence-corrected chi connectivity index (χ4v) is 4.45. The van der Waals surface area contributed by atoms with Gasteiger partial charge in [0, 0.05) is 42.1 Å². The first-order valence-corrected chi connectivity index (χ1v) is 7.74. The number of aromatic nitrogens is 2. The molecule has 3 aliphatic rings. The van der Waals surface area contributed by atoms with Crippen LogP contribution in [-0.2, 0) is 0 Å². The molecule has 0 spiro atoms. The standard InChI is InChI=1S/C13H17N3OS/c17-10-7-18-11-6-16(5-9(10)11)12-3-4-14-13(15-12)8-1-2-8/h3-4,8-11,17H,1-2,5-7H2. The van der Waals surface area contributed by atoms with Crippen molar-refractivity contribution in [2.24, 2.45) is 5.92 Å². The highest BCUT2D eigenvalue weighted by Crippen LogP contribution is 2.41. The number of thioether (sulfide) groups is 1. The van der Waals surface area contributed by atoms with Crippen LogP contribution in [0.15, 0.2) is 12.3 Å². The molecule has 18 heavy (non-hydrogen) atoms. The van der Waals surface area contributed by atoms with Crippen molar-refractivity contribution in [1.29, 1.82) is 0 Å². The van der Waals surface area contributed by atoms with Crippen molar-refractivity contribution in [3.05, 3.63) is 18.1 Å². The smallest absolute Gasteiger partial charge is 0.133 e. The topological polar surface area (TPSA) is 49.2 Å². The van der Waals surface area contributed by atoms with Gasteiger partial charge >= 0.3 is 0 Å². The number of aliphatic hydroxyl groups excluding tert-OH is 1. The molecule has 5 heteroatoms. The zero-order valence-electron chi connectivity index (χ0n) is 10.2. The maximum atomic E-state index is 9.94. The molecule has 0 aromatic carbocycles. The van der Waals surface area contributed by atoms with E-state index in [1.807, 2.05) is 24.0 Å². The van der Waals surface area contributed by atoms with Gasteiger partial charge in [0.2, 0.25) is 0 Å². The van der Waals surface area contributed by atoms with Crippen molar-refractivity contribution >= 4 is 17.6 Å². The van der Waals surface area contributed by atoms with Gasteiger partial charge in [0.05, 0.1) is 6.10 Å². The third-order valence-electron chi connectivity index (χ3n) is 4.21. The van der Waals surface area contributed by atoms with E-state index in [0.717, 1.165) is 30.5 Å². The minimum Gasteiger partial charge on any atom is -0.392 e. The summed E-state index contributed by atoms with van der Waals surface area (Å²) in [6, 6.07) is 2.00. The van der Waals surface area contributed by atoms with Gasteiger partial charge in [-0.2, -0.15) is 11.8 Å². The van der Waals surface area contributed by atoms with E-state index < -0.39 is 0 Å². The molecular formula is C13H17N3OS. The number of hydrogen-bond acceptors (Lipinski definition) is 5. The molecule has 3 atom stereocenters. The zero-order valence-corrected chi connectivity index (χ0v) is 11.0. The summed E-state index contributed by atoms with van der Waals surface area (Å²) in [5.41, 5.74) is 0. The molecule has 1 N–H and O–H groups in total. The Morgan fingerprint density at radius 1 is 1.33 bits per heavy atom. The summed E-state index contributed by atoms with van der Waals surface area (Å²) in [4.78, 5) is 11.4. The maximum Gasteiger partial charge on any atom is 0.133 e. The van der Waals surface area contributed by atoms with Gasteiger partial charge in [0.1, 0.15) is 11.6 Å². The van der Waals surface area contributed by atoms with Gasteiger partial charge in [-0.05, 0) is 18.9 Å². The maximum absolute atomic E-state index is 9.94. The predicted molar refractivity (Wildman–Crippen MR) is 72.0 cm³/mol. The molecule has 1 aromatic heterocycles. The van der Waals surface area contributed by atoms with E-state index in [4.69, 9.17) is 4.98 Å². The fourth-order valence-electron chi connectivity index (χ4n) is 2.96. The van der Waals surface area contributed by atoms with Gasteiger partial charge in [0.25, 0.3) is 0 Å². The second-order valence-corrected chi connectivity index (χ2v) is 6.83. The lowest BCUT2D eigenvalue weighted by Gasteiger charge is -2.19. The van der Waals surface area contributed by atoms with Crippen molar-refractivity contribution in [2.75, 3.05) is 23.7 Å². The van der Waals surface area contributed by atoms with Crippen LogP contribution < -0.4 is 4.90 Å². The van der Waals surface area contributed by atoms with Gasteiger partial charge in [-0.15, -0.1) is 0 Å². The molecule has 0 radical (unpaired) electrons. The van der Waals surface area contributed by atoms with Crippen LogP contribution in [0, 0.1) is 5.92 Å². The Kier molecular flexibility index (Phi) is 2.52. The van der Waals surface area contributed by atoms with Crippen molar-refractivity contribution in [3.8, 4) is 0 Å². The Morgan fingerprint density at radius 2 is 2.22 bits per heavy atom. The lowest BCUT2D eigenvalue weighted by atomic mass is 10.0. The van der Waals surface area contributed by atoms with Gasteiger partial charge in [-0.3, -0.25) is 0 Å². The van der Waals surface area contributed by atoms with E-state index in [-0.39, 0.29) is 6.10 Å². The molecule has 4 rings (SSSR count). The van der Waals surface area contributed by atoms with Crippen LogP contribution in [0.3, 0.4) is 0 Å². The summed E-state index contributed by atoms with van der Waals surface area (Å²) in [6.07, 6.45) is 4.23. The number of anilines is 1. The molecule has 96 valence electrons. The number of nitrogens with zero attached hydrogens (tertiary/aromatic N) is 3. The molecule has 3 unspecified atom stereocenters. The summed E-state index contributed by atoms with van der Waals surface area (Å²) in [5, 5.41) is 10.5. The monoisotopic (exact) mass is 263 g/mol. The van der Waals surface area contributed by atoms with E-state index in [9.17, 15) is 5.11 Å². The van der Waals surface area contributed by atoms with Crippen molar-refractivity contribution < 1.29 is 5.11 Å². The second kappa shape index (κ2) is 4.10. The van der Waals surface area contributed by atoms with Crippen molar-refractivity contribution in [3.63, 3.8) is 0 Å². The van der Waals surface area contributed by atoms with Gasteiger partial charge in [-0.25, -0.2) is 9.97 Å². The summed E-state index contributed by atoms with van der Waals surface area (Å²) in [7, 11) is 0. The Balaban J connectivity index is 1.55. The zero-order chi connectivity index (χ0) is 12.1. The molecule has 2 saturated heterocycles. The Bertz CT molecular complexity index is 465. The van der Waals surface area contributed by atoms with E-state index in [1.165, 1.54) is 12.8 Å². The van der Waals surface area contributed by atoms with Crippen molar-refractivity contribution in [2.45, 2.75) is 30.1 Å². The highest BCUT2D eigenvalue weighted by atomic mass is 32.2. The third kappa shape index (κ3) is 1.80. The third-order valence-corrected chi connectivity index (χ3v) is 5.67.